The van der Waals surface area contributed by atoms with Crippen LogP contribution in [-0.2, 0) is 9.53 Å². The highest BCUT2D eigenvalue weighted by atomic mass is 16.5. The number of aromatic nitrogens is 1. The van der Waals surface area contributed by atoms with Crippen LogP contribution in [0.5, 0.6) is 0 Å². The number of methoxy groups -OCH3 is 1. The number of nitrogens with zero attached hydrogens (tertiary/aromatic N) is 2. The van der Waals surface area contributed by atoms with Crippen molar-refractivity contribution in [2.24, 2.45) is 5.41 Å². The summed E-state index contributed by atoms with van der Waals surface area (Å²) in [6.07, 6.45) is 5.34. The van der Waals surface area contributed by atoms with Gasteiger partial charge in [-0.05, 0) is 38.6 Å². The lowest BCUT2D eigenvalue weighted by atomic mass is 9.90. The molecule has 1 atom stereocenters. The summed E-state index contributed by atoms with van der Waals surface area (Å²) < 4.78 is 4.94. The highest BCUT2D eigenvalue weighted by Crippen LogP contribution is 2.57. The van der Waals surface area contributed by atoms with E-state index in [9.17, 15) is 4.79 Å². The van der Waals surface area contributed by atoms with E-state index < -0.39 is 0 Å². The number of hydrogen-bond donors (Lipinski definition) is 0. The largest absolute Gasteiger partial charge is 0.469 e. The lowest BCUT2D eigenvalue weighted by Gasteiger charge is -2.31. The van der Waals surface area contributed by atoms with Crippen LogP contribution in [0.15, 0.2) is 24.5 Å². The standard InChI is InChI=1S/C13H18N2O2/c1-15(2)11(10-5-4-8-14-9-10)13(6-7-13)12(16)17-3/h4-5,8-9,11H,6-7H2,1-3H3. The second-order valence-corrected chi connectivity index (χ2v) is 4.80. The molecule has 17 heavy (non-hydrogen) atoms. The van der Waals surface area contributed by atoms with Crippen LogP contribution >= 0.6 is 0 Å². The van der Waals surface area contributed by atoms with Gasteiger partial charge in [-0.1, -0.05) is 6.07 Å². The molecule has 0 amide bonds. The predicted molar refractivity (Wildman–Crippen MR) is 64.3 cm³/mol. The quantitative estimate of drug-likeness (QED) is 0.743. The summed E-state index contributed by atoms with van der Waals surface area (Å²) in [6.45, 7) is 0. The van der Waals surface area contributed by atoms with Gasteiger partial charge in [0.05, 0.1) is 18.6 Å². The van der Waals surface area contributed by atoms with Gasteiger partial charge in [0, 0.05) is 12.4 Å². The lowest BCUT2D eigenvalue weighted by Crippen LogP contribution is -2.34. The van der Waals surface area contributed by atoms with E-state index in [-0.39, 0.29) is 17.4 Å². The summed E-state index contributed by atoms with van der Waals surface area (Å²) in [5, 5.41) is 0. The van der Waals surface area contributed by atoms with Crippen molar-refractivity contribution in [3.8, 4) is 0 Å². The Morgan fingerprint density at radius 3 is 2.65 bits per heavy atom. The van der Waals surface area contributed by atoms with Crippen molar-refractivity contribution in [3.05, 3.63) is 30.1 Å². The molecule has 0 radical (unpaired) electrons. The molecule has 92 valence electrons. The van der Waals surface area contributed by atoms with Crippen molar-refractivity contribution < 1.29 is 9.53 Å². The number of rotatable bonds is 4. The zero-order chi connectivity index (χ0) is 12.5. The first-order chi connectivity index (χ1) is 8.12. The molecule has 1 aliphatic carbocycles. The van der Waals surface area contributed by atoms with Gasteiger partial charge >= 0.3 is 5.97 Å². The Morgan fingerprint density at radius 2 is 2.24 bits per heavy atom. The Hall–Kier alpha value is -1.42. The van der Waals surface area contributed by atoms with Crippen LogP contribution in [0, 0.1) is 5.41 Å². The molecule has 0 spiro atoms. The first-order valence-corrected chi connectivity index (χ1v) is 5.76. The number of hydrogen-bond acceptors (Lipinski definition) is 4. The van der Waals surface area contributed by atoms with Crippen LogP contribution in [0.25, 0.3) is 0 Å². The minimum Gasteiger partial charge on any atom is -0.469 e. The van der Waals surface area contributed by atoms with Crippen LogP contribution in [0.1, 0.15) is 24.4 Å². The van der Waals surface area contributed by atoms with E-state index in [2.05, 4.69) is 9.88 Å². The van der Waals surface area contributed by atoms with Crippen molar-refractivity contribution >= 4 is 5.97 Å². The van der Waals surface area contributed by atoms with Gasteiger partial charge in [-0.15, -0.1) is 0 Å². The van der Waals surface area contributed by atoms with Crippen LogP contribution in [0.3, 0.4) is 0 Å². The van der Waals surface area contributed by atoms with Crippen LogP contribution in [0.2, 0.25) is 0 Å². The van der Waals surface area contributed by atoms with Gasteiger partial charge in [0.2, 0.25) is 0 Å². The molecule has 1 fully saturated rings. The smallest absolute Gasteiger partial charge is 0.313 e. The van der Waals surface area contributed by atoms with Crippen molar-refractivity contribution in [1.29, 1.82) is 0 Å². The lowest BCUT2D eigenvalue weighted by molar-refractivity contribution is -0.150. The monoisotopic (exact) mass is 234 g/mol. The van der Waals surface area contributed by atoms with Crippen molar-refractivity contribution in [3.63, 3.8) is 0 Å². The molecular formula is C13H18N2O2. The molecule has 1 unspecified atom stereocenters. The van der Waals surface area contributed by atoms with Gasteiger partial charge in [-0.25, -0.2) is 0 Å². The molecule has 2 rings (SSSR count). The number of carbonyl (C=O) groups is 1. The first-order valence-electron chi connectivity index (χ1n) is 5.76. The van der Waals surface area contributed by atoms with E-state index in [1.165, 1.54) is 7.11 Å². The minimum atomic E-state index is -0.374. The topological polar surface area (TPSA) is 42.4 Å². The average molecular weight is 234 g/mol. The number of carbonyl (C=O) groups excluding carboxylic acids is 1. The summed E-state index contributed by atoms with van der Waals surface area (Å²) in [6, 6.07) is 3.96. The summed E-state index contributed by atoms with van der Waals surface area (Å²) in [5.74, 6) is -0.111. The molecule has 0 saturated heterocycles. The molecule has 0 aliphatic heterocycles. The zero-order valence-corrected chi connectivity index (χ0v) is 10.5. The normalized spacial score (nSPS) is 18.8. The van der Waals surface area contributed by atoms with E-state index in [0.29, 0.717) is 0 Å². The molecule has 0 bridgehead atoms. The number of ether oxygens (including phenoxy) is 1. The third kappa shape index (κ3) is 2.05. The van der Waals surface area contributed by atoms with Crippen molar-refractivity contribution in [2.75, 3.05) is 21.2 Å². The SMILES string of the molecule is COC(=O)C1(C(c2cccnc2)N(C)C)CC1. The molecular weight excluding hydrogens is 216 g/mol. The maximum absolute atomic E-state index is 11.9. The van der Waals surface area contributed by atoms with Crippen LogP contribution in [-0.4, -0.2) is 37.1 Å². The maximum Gasteiger partial charge on any atom is 0.313 e. The molecule has 1 heterocycles. The van der Waals surface area contributed by atoms with Crippen LogP contribution < -0.4 is 0 Å². The summed E-state index contributed by atoms with van der Waals surface area (Å²) in [4.78, 5) is 18.2. The second-order valence-electron chi connectivity index (χ2n) is 4.80. The second kappa shape index (κ2) is 4.45. The van der Waals surface area contributed by atoms with E-state index in [0.717, 1.165) is 18.4 Å². The highest BCUT2D eigenvalue weighted by molar-refractivity contribution is 5.81. The fourth-order valence-corrected chi connectivity index (χ4v) is 2.58. The van der Waals surface area contributed by atoms with Gasteiger partial charge in [-0.3, -0.25) is 9.78 Å². The zero-order valence-electron chi connectivity index (χ0n) is 10.5. The molecule has 1 aromatic heterocycles. The van der Waals surface area contributed by atoms with Crippen molar-refractivity contribution in [1.82, 2.24) is 9.88 Å². The van der Waals surface area contributed by atoms with Gasteiger partial charge < -0.3 is 9.64 Å². The summed E-state index contributed by atoms with van der Waals surface area (Å²) >= 11 is 0. The Morgan fingerprint density at radius 1 is 1.53 bits per heavy atom. The van der Waals surface area contributed by atoms with E-state index >= 15 is 0 Å². The average Bonchev–Trinajstić information content (AvgIpc) is 3.10. The third-order valence-corrected chi connectivity index (χ3v) is 3.42. The molecule has 4 heteroatoms. The van der Waals surface area contributed by atoms with Crippen molar-refractivity contribution in [2.45, 2.75) is 18.9 Å². The summed E-state index contributed by atoms with van der Waals surface area (Å²) in [7, 11) is 5.43. The van der Waals surface area contributed by atoms with Gasteiger partial charge in [0.1, 0.15) is 0 Å². The van der Waals surface area contributed by atoms with Crippen LogP contribution in [0.4, 0.5) is 0 Å². The molecule has 1 aromatic rings. The van der Waals surface area contributed by atoms with Gasteiger partial charge in [0.15, 0.2) is 0 Å². The third-order valence-electron chi connectivity index (χ3n) is 3.42. The fraction of sp³-hybridized carbons (Fsp3) is 0.538. The summed E-state index contributed by atoms with van der Waals surface area (Å²) in [5.41, 5.74) is 0.696. The van der Waals surface area contributed by atoms with E-state index in [1.54, 1.807) is 6.20 Å². The Bertz CT molecular complexity index is 399. The highest BCUT2D eigenvalue weighted by Gasteiger charge is 2.58. The number of pyridine rings is 1. The Labute approximate surface area is 102 Å². The Balaban J connectivity index is 2.34. The molecule has 0 N–H and O–H groups in total. The van der Waals surface area contributed by atoms with Gasteiger partial charge in [0.25, 0.3) is 0 Å². The van der Waals surface area contributed by atoms with Gasteiger partial charge in [-0.2, -0.15) is 0 Å². The maximum atomic E-state index is 11.9. The molecule has 0 aromatic carbocycles. The minimum absolute atomic E-state index is 0.0450. The molecule has 1 aliphatic rings. The molecule has 4 nitrogen and oxygen atoms in total. The van der Waals surface area contributed by atoms with E-state index in [1.807, 2.05) is 32.4 Å². The fourth-order valence-electron chi connectivity index (χ4n) is 2.58. The van der Waals surface area contributed by atoms with E-state index in [4.69, 9.17) is 4.74 Å². The first kappa shape index (κ1) is 12.0. The number of esters is 1. The predicted octanol–water partition coefficient (Wildman–Crippen LogP) is 1.64. The Kier molecular flexibility index (Phi) is 3.15. The molecule has 1 saturated carbocycles.